The van der Waals surface area contributed by atoms with E-state index in [0.717, 1.165) is 27.7 Å². The van der Waals surface area contributed by atoms with Gasteiger partial charge in [0, 0.05) is 24.6 Å². The Hall–Kier alpha value is -1.81. The van der Waals surface area contributed by atoms with Crippen LogP contribution < -0.4 is 5.32 Å². The zero-order valence-electron chi connectivity index (χ0n) is 11.9. The predicted octanol–water partition coefficient (Wildman–Crippen LogP) is 3.26. The molecule has 1 amide bonds. The van der Waals surface area contributed by atoms with E-state index in [1.807, 2.05) is 45.2 Å². The van der Waals surface area contributed by atoms with Crippen LogP contribution in [0.3, 0.4) is 0 Å². The average Bonchev–Trinajstić information content (AvgIpc) is 2.69. The first-order chi connectivity index (χ1) is 9.45. The van der Waals surface area contributed by atoms with E-state index in [1.165, 1.54) is 0 Å². The highest BCUT2D eigenvalue weighted by Crippen LogP contribution is 2.18. The Morgan fingerprint density at radius 1 is 1.35 bits per heavy atom. The number of halogens is 1. The molecule has 20 heavy (non-hydrogen) atoms. The van der Waals surface area contributed by atoms with Gasteiger partial charge in [0.2, 0.25) is 5.91 Å². The zero-order valence-corrected chi connectivity index (χ0v) is 12.7. The van der Waals surface area contributed by atoms with Gasteiger partial charge in [-0.25, -0.2) is 0 Å². The fourth-order valence-corrected chi connectivity index (χ4v) is 2.19. The molecule has 1 aromatic heterocycles. The van der Waals surface area contributed by atoms with E-state index in [9.17, 15) is 4.79 Å². The van der Waals surface area contributed by atoms with Gasteiger partial charge in [-0.15, -0.1) is 0 Å². The molecule has 2 aromatic rings. The van der Waals surface area contributed by atoms with Crippen LogP contribution in [0.15, 0.2) is 24.3 Å². The summed E-state index contributed by atoms with van der Waals surface area (Å²) in [6, 6.07) is 7.74. The van der Waals surface area contributed by atoms with Crippen molar-refractivity contribution in [3.05, 3.63) is 46.1 Å². The van der Waals surface area contributed by atoms with E-state index in [1.54, 1.807) is 4.68 Å². The van der Waals surface area contributed by atoms with Crippen LogP contribution in [-0.4, -0.2) is 15.7 Å². The standard InChI is InChI=1S/C15H18ClN3O/c1-10-4-5-12(9-13(10)16)6-7-15(20)17-14-8-11(2)18-19(14)3/h4-5,8-9H,6-7H2,1-3H3,(H,17,20). The molecule has 0 saturated carbocycles. The molecule has 5 heteroatoms. The largest absolute Gasteiger partial charge is 0.311 e. The molecule has 0 aliphatic carbocycles. The predicted molar refractivity (Wildman–Crippen MR) is 81.1 cm³/mol. The average molecular weight is 292 g/mol. The summed E-state index contributed by atoms with van der Waals surface area (Å²) < 4.78 is 1.66. The van der Waals surface area contributed by atoms with Gasteiger partial charge < -0.3 is 5.32 Å². The molecule has 0 bridgehead atoms. The molecule has 0 radical (unpaired) electrons. The number of hydrogen-bond donors (Lipinski definition) is 1. The van der Waals surface area contributed by atoms with Crippen molar-refractivity contribution in [2.24, 2.45) is 7.05 Å². The lowest BCUT2D eigenvalue weighted by Crippen LogP contribution is -2.14. The Balaban J connectivity index is 1.92. The Bertz CT molecular complexity index is 634. The first-order valence-electron chi connectivity index (χ1n) is 6.51. The maximum atomic E-state index is 11.9. The summed E-state index contributed by atoms with van der Waals surface area (Å²) in [6.07, 6.45) is 1.09. The van der Waals surface area contributed by atoms with Crippen LogP contribution in [0.2, 0.25) is 5.02 Å². The van der Waals surface area contributed by atoms with Crippen LogP contribution in [0.5, 0.6) is 0 Å². The third kappa shape index (κ3) is 3.61. The SMILES string of the molecule is Cc1cc(NC(=O)CCc2ccc(C)c(Cl)c2)n(C)n1. The molecule has 0 fully saturated rings. The molecular weight excluding hydrogens is 274 g/mol. The van der Waals surface area contributed by atoms with E-state index >= 15 is 0 Å². The van der Waals surface area contributed by atoms with Crippen molar-refractivity contribution in [3.63, 3.8) is 0 Å². The van der Waals surface area contributed by atoms with Gasteiger partial charge in [-0.2, -0.15) is 5.10 Å². The number of nitrogens with zero attached hydrogens (tertiary/aromatic N) is 2. The smallest absolute Gasteiger partial charge is 0.225 e. The summed E-state index contributed by atoms with van der Waals surface area (Å²) in [5.41, 5.74) is 3.00. The molecular formula is C15H18ClN3O. The van der Waals surface area contributed by atoms with Gasteiger partial charge in [0.1, 0.15) is 5.82 Å². The molecule has 0 saturated heterocycles. The Morgan fingerprint density at radius 2 is 2.10 bits per heavy atom. The lowest BCUT2D eigenvalue weighted by molar-refractivity contribution is -0.116. The molecule has 0 spiro atoms. The van der Waals surface area contributed by atoms with E-state index in [2.05, 4.69) is 10.4 Å². The molecule has 0 unspecified atom stereocenters. The number of hydrogen-bond acceptors (Lipinski definition) is 2. The first-order valence-corrected chi connectivity index (χ1v) is 6.89. The lowest BCUT2D eigenvalue weighted by atomic mass is 10.1. The highest BCUT2D eigenvalue weighted by molar-refractivity contribution is 6.31. The van der Waals surface area contributed by atoms with Gasteiger partial charge in [-0.1, -0.05) is 23.7 Å². The zero-order chi connectivity index (χ0) is 14.7. The van der Waals surface area contributed by atoms with Gasteiger partial charge in [0.15, 0.2) is 0 Å². The number of carbonyl (C=O) groups excluding carboxylic acids is 1. The van der Waals surface area contributed by atoms with Crippen molar-refractivity contribution in [1.29, 1.82) is 0 Å². The number of anilines is 1. The van der Waals surface area contributed by atoms with Gasteiger partial charge in [-0.05, 0) is 37.5 Å². The molecule has 1 aromatic carbocycles. The number of carbonyl (C=O) groups is 1. The Morgan fingerprint density at radius 3 is 2.70 bits per heavy atom. The minimum atomic E-state index is -0.0234. The van der Waals surface area contributed by atoms with Crippen molar-refractivity contribution < 1.29 is 4.79 Å². The number of aromatic nitrogens is 2. The van der Waals surface area contributed by atoms with Gasteiger partial charge in [-0.3, -0.25) is 9.48 Å². The maximum absolute atomic E-state index is 11.9. The topological polar surface area (TPSA) is 46.9 Å². The number of aryl methyl sites for hydroxylation is 4. The van der Waals surface area contributed by atoms with Crippen molar-refractivity contribution >= 4 is 23.3 Å². The molecule has 1 heterocycles. The maximum Gasteiger partial charge on any atom is 0.225 e. The van der Waals surface area contributed by atoms with E-state index in [0.29, 0.717) is 12.8 Å². The van der Waals surface area contributed by atoms with Crippen LogP contribution in [0, 0.1) is 13.8 Å². The van der Waals surface area contributed by atoms with Crippen LogP contribution >= 0.6 is 11.6 Å². The minimum Gasteiger partial charge on any atom is -0.311 e. The third-order valence-corrected chi connectivity index (χ3v) is 3.55. The quantitative estimate of drug-likeness (QED) is 0.940. The van der Waals surface area contributed by atoms with Crippen LogP contribution in [0.4, 0.5) is 5.82 Å². The fraction of sp³-hybridized carbons (Fsp3) is 0.333. The number of amides is 1. The van der Waals surface area contributed by atoms with Gasteiger partial charge >= 0.3 is 0 Å². The molecule has 1 N–H and O–H groups in total. The second-order valence-electron chi connectivity index (χ2n) is 4.93. The van der Waals surface area contributed by atoms with Crippen molar-refractivity contribution in [1.82, 2.24) is 9.78 Å². The van der Waals surface area contributed by atoms with E-state index in [4.69, 9.17) is 11.6 Å². The summed E-state index contributed by atoms with van der Waals surface area (Å²) >= 11 is 6.07. The second-order valence-corrected chi connectivity index (χ2v) is 5.33. The van der Waals surface area contributed by atoms with Gasteiger partial charge in [0.25, 0.3) is 0 Å². The van der Waals surface area contributed by atoms with E-state index < -0.39 is 0 Å². The second kappa shape index (κ2) is 6.09. The van der Waals surface area contributed by atoms with E-state index in [-0.39, 0.29) is 5.91 Å². The summed E-state index contributed by atoms with van der Waals surface area (Å²) in [5, 5.41) is 7.78. The Kier molecular flexibility index (Phi) is 4.45. The number of rotatable bonds is 4. The molecule has 2 rings (SSSR count). The Labute approximate surface area is 123 Å². The van der Waals surface area contributed by atoms with Gasteiger partial charge in [0.05, 0.1) is 5.69 Å². The molecule has 0 aliphatic rings. The molecule has 106 valence electrons. The van der Waals surface area contributed by atoms with Crippen molar-refractivity contribution in [2.75, 3.05) is 5.32 Å². The number of nitrogens with one attached hydrogen (secondary N) is 1. The first kappa shape index (κ1) is 14.6. The molecule has 0 aliphatic heterocycles. The summed E-state index contributed by atoms with van der Waals surface area (Å²) in [7, 11) is 1.81. The minimum absolute atomic E-state index is 0.0234. The fourth-order valence-electron chi connectivity index (χ4n) is 1.98. The highest BCUT2D eigenvalue weighted by Gasteiger charge is 2.07. The summed E-state index contributed by atoms with van der Waals surface area (Å²) in [4.78, 5) is 11.9. The molecule has 4 nitrogen and oxygen atoms in total. The lowest BCUT2D eigenvalue weighted by Gasteiger charge is -2.06. The third-order valence-electron chi connectivity index (χ3n) is 3.15. The van der Waals surface area contributed by atoms with Crippen molar-refractivity contribution in [2.45, 2.75) is 26.7 Å². The molecule has 0 atom stereocenters. The van der Waals surface area contributed by atoms with Crippen LogP contribution in [-0.2, 0) is 18.3 Å². The van der Waals surface area contributed by atoms with Crippen molar-refractivity contribution in [3.8, 4) is 0 Å². The highest BCUT2D eigenvalue weighted by atomic mass is 35.5. The normalized spacial score (nSPS) is 10.6. The number of benzene rings is 1. The summed E-state index contributed by atoms with van der Waals surface area (Å²) in [6.45, 7) is 3.85. The monoisotopic (exact) mass is 291 g/mol. The van der Waals surface area contributed by atoms with Crippen LogP contribution in [0.25, 0.3) is 0 Å². The summed E-state index contributed by atoms with van der Waals surface area (Å²) in [5.74, 6) is 0.694. The van der Waals surface area contributed by atoms with Crippen LogP contribution in [0.1, 0.15) is 23.2 Å².